The lowest BCUT2D eigenvalue weighted by atomic mass is 10.1. The van der Waals surface area contributed by atoms with Crippen LogP contribution in [0.25, 0.3) is 0 Å². The van der Waals surface area contributed by atoms with Gasteiger partial charge in [-0.05, 0) is 24.8 Å². The zero-order valence-electron chi connectivity index (χ0n) is 11.0. The van der Waals surface area contributed by atoms with Crippen molar-refractivity contribution in [3.05, 3.63) is 33.9 Å². The van der Waals surface area contributed by atoms with Gasteiger partial charge >= 0.3 is 5.69 Å². The monoisotopic (exact) mass is 342 g/mol. The number of carbonyl (C=O) groups is 1. The molecule has 1 N–H and O–H groups in total. The van der Waals surface area contributed by atoms with Gasteiger partial charge in [-0.3, -0.25) is 14.9 Å². The molecule has 1 aromatic rings. The number of nitro benzene ring substituents is 1. The van der Waals surface area contributed by atoms with E-state index in [0.29, 0.717) is 12.5 Å². The van der Waals surface area contributed by atoms with Crippen LogP contribution in [0.15, 0.2) is 18.2 Å². The molecule has 2 rings (SSSR count). The average Bonchev–Trinajstić information content (AvgIpc) is 3.27. The van der Waals surface area contributed by atoms with E-state index in [0.717, 1.165) is 0 Å². The predicted octanol–water partition coefficient (Wildman–Crippen LogP) is 2.51. The normalized spacial score (nSPS) is 15.5. The zero-order chi connectivity index (χ0) is 14.7. The highest BCUT2D eigenvalue weighted by Crippen LogP contribution is 2.36. The number of ether oxygens (including phenoxy) is 1. The zero-order valence-corrected chi connectivity index (χ0v) is 12.6. The summed E-state index contributed by atoms with van der Waals surface area (Å²) in [6.45, 7) is 0.495. The molecule has 0 bridgehead atoms. The van der Waals surface area contributed by atoms with E-state index >= 15 is 0 Å². The summed E-state index contributed by atoms with van der Waals surface area (Å²) >= 11 is 3.52. The summed E-state index contributed by atoms with van der Waals surface area (Å²) in [5.41, 5.74) is -0.0325. The van der Waals surface area contributed by atoms with E-state index in [1.54, 1.807) is 0 Å². The molecule has 0 radical (unpaired) electrons. The number of nitrogens with zero attached hydrogens (tertiary/aromatic N) is 1. The van der Waals surface area contributed by atoms with Gasteiger partial charge in [0.15, 0.2) is 0 Å². The summed E-state index contributed by atoms with van der Waals surface area (Å²) in [7, 11) is 1.32. The number of nitrogens with one attached hydrogen (secondary N) is 1. The van der Waals surface area contributed by atoms with Crippen molar-refractivity contribution in [2.45, 2.75) is 17.7 Å². The molecule has 1 aromatic carbocycles. The number of hydrogen-bond acceptors (Lipinski definition) is 4. The number of hydrogen-bond donors (Lipinski definition) is 1. The Labute approximate surface area is 124 Å². The molecule has 0 aliphatic heterocycles. The molecule has 1 aliphatic rings. The van der Waals surface area contributed by atoms with Crippen LogP contribution >= 0.6 is 15.9 Å². The molecule has 0 aromatic heterocycles. The summed E-state index contributed by atoms with van der Waals surface area (Å²) in [4.78, 5) is 22.7. The summed E-state index contributed by atoms with van der Waals surface area (Å²) in [5, 5.41) is 13.7. The quantitative estimate of drug-likeness (QED) is 0.489. The lowest BCUT2D eigenvalue weighted by Crippen LogP contribution is -2.30. The topological polar surface area (TPSA) is 81.5 Å². The first-order valence-electron chi connectivity index (χ1n) is 6.28. The van der Waals surface area contributed by atoms with Crippen LogP contribution in [0.4, 0.5) is 5.69 Å². The molecule has 1 aliphatic carbocycles. The number of para-hydroxylation sites is 1. The van der Waals surface area contributed by atoms with Crippen LogP contribution in [-0.4, -0.2) is 29.3 Å². The number of rotatable bonds is 6. The van der Waals surface area contributed by atoms with Gasteiger partial charge in [0.05, 0.1) is 17.6 Å². The third kappa shape index (κ3) is 3.27. The van der Waals surface area contributed by atoms with Crippen LogP contribution in [0.1, 0.15) is 23.2 Å². The number of nitro groups is 1. The molecular weight excluding hydrogens is 328 g/mol. The molecular formula is C13H15BrN2O4. The number of halogens is 1. The van der Waals surface area contributed by atoms with Crippen LogP contribution in [0.3, 0.4) is 0 Å². The Bertz CT molecular complexity index is 531. The van der Waals surface area contributed by atoms with E-state index in [-0.39, 0.29) is 27.7 Å². The minimum Gasteiger partial charge on any atom is -0.490 e. The van der Waals surface area contributed by atoms with Crippen molar-refractivity contribution in [2.75, 3.05) is 13.7 Å². The van der Waals surface area contributed by atoms with Gasteiger partial charge in [0.2, 0.25) is 5.75 Å². The number of benzene rings is 1. The molecule has 1 atom stereocenters. The predicted molar refractivity (Wildman–Crippen MR) is 77.4 cm³/mol. The lowest BCUT2D eigenvalue weighted by Gasteiger charge is -2.12. The highest BCUT2D eigenvalue weighted by atomic mass is 79.9. The van der Waals surface area contributed by atoms with Gasteiger partial charge in [-0.1, -0.05) is 22.0 Å². The molecule has 0 saturated heterocycles. The fourth-order valence-electron chi connectivity index (χ4n) is 1.97. The summed E-state index contributed by atoms with van der Waals surface area (Å²) < 4.78 is 5.01. The average molecular weight is 343 g/mol. The number of alkyl halides is 1. The van der Waals surface area contributed by atoms with E-state index in [1.165, 1.54) is 38.2 Å². The summed E-state index contributed by atoms with van der Waals surface area (Å²) in [6, 6.07) is 4.30. The molecule has 108 valence electrons. The smallest absolute Gasteiger partial charge is 0.311 e. The van der Waals surface area contributed by atoms with Crippen molar-refractivity contribution < 1.29 is 14.5 Å². The van der Waals surface area contributed by atoms with E-state index in [2.05, 4.69) is 21.2 Å². The van der Waals surface area contributed by atoms with E-state index < -0.39 is 4.92 Å². The Kier molecular flexibility index (Phi) is 4.59. The SMILES string of the molecule is COc1c(C(=O)NCC(Br)C2CC2)cccc1[N+](=O)[O-]. The van der Waals surface area contributed by atoms with Crippen molar-refractivity contribution in [3.8, 4) is 5.75 Å². The molecule has 1 unspecified atom stereocenters. The highest BCUT2D eigenvalue weighted by molar-refractivity contribution is 9.09. The third-order valence-electron chi connectivity index (χ3n) is 3.23. The largest absolute Gasteiger partial charge is 0.490 e. The van der Waals surface area contributed by atoms with Gasteiger partial charge in [0.1, 0.15) is 0 Å². The first-order chi connectivity index (χ1) is 9.54. The van der Waals surface area contributed by atoms with Gasteiger partial charge in [0, 0.05) is 17.4 Å². The van der Waals surface area contributed by atoms with E-state index in [9.17, 15) is 14.9 Å². The van der Waals surface area contributed by atoms with Crippen molar-refractivity contribution in [2.24, 2.45) is 5.92 Å². The van der Waals surface area contributed by atoms with Crippen molar-refractivity contribution in [1.82, 2.24) is 5.32 Å². The van der Waals surface area contributed by atoms with Gasteiger partial charge in [-0.2, -0.15) is 0 Å². The van der Waals surface area contributed by atoms with Gasteiger partial charge < -0.3 is 10.1 Å². The molecule has 0 heterocycles. The summed E-state index contributed by atoms with van der Waals surface area (Å²) in [5.74, 6) is 0.241. The standard InChI is InChI=1S/C13H15BrN2O4/c1-20-12-9(3-2-4-11(12)16(18)19)13(17)15-7-10(14)8-5-6-8/h2-4,8,10H,5-7H2,1H3,(H,15,17). The van der Waals surface area contributed by atoms with Gasteiger partial charge in [-0.15, -0.1) is 0 Å². The number of carbonyl (C=O) groups excluding carboxylic acids is 1. The fraction of sp³-hybridized carbons (Fsp3) is 0.462. The molecule has 0 spiro atoms. The lowest BCUT2D eigenvalue weighted by molar-refractivity contribution is -0.385. The maximum Gasteiger partial charge on any atom is 0.311 e. The number of amides is 1. The Morgan fingerprint density at radius 3 is 2.85 bits per heavy atom. The van der Waals surface area contributed by atoms with Crippen molar-refractivity contribution in [1.29, 1.82) is 0 Å². The minimum atomic E-state index is -0.562. The van der Waals surface area contributed by atoms with Crippen molar-refractivity contribution in [3.63, 3.8) is 0 Å². The minimum absolute atomic E-state index is 0.00690. The van der Waals surface area contributed by atoms with Crippen LogP contribution in [0.5, 0.6) is 5.75 Å². The Morgan fingerprint density at radius 2 is 2.30 bits per heavy atom. The molecule has 7 heteroatoms. The second-order valence-corrected chi connectivity index (χ2v) is 5.85. The Morgan fingerprint density at radius 1 is 1.60 bits per heavy atom. The highest BCUT2D eigenvalue weighted by Gasteiger charge is 2.30. The van der Waals surface area contributed by atoms with E-state index in [1.807, 2.05) is 0 Å². The third-order valence-corrected chi connectivity index (χ3v) is 4.30. The maximum absolute atomic E-state index is 12.1. The second kappa shape index (κ2) is 6.21. The first-order valence-corrected chi connectivity index (χ1v) is 7.19. The maximum atomic E-state index is 12.1. The molecule has 6 nitrogen and oxygen atoms in total. The molecule has 20 heavy (non-hydrogen) atoms. The number of methoxy groups -OCH3 is 1. The summed E-state index contributed by atoms with van der Waals surface area (Å²) in [6.07, 6.45) is 2.35. The van der Waals surface area contributed by atoms with Gasteiger partial charge in [0.25, 0.3) is 5.91 Å². The van der Waals surface area contributed by atoms with Crippen LogP contribution in [0.2, 0.25) is 0 Å². The molecule has 1 saturated carbocycles. The Balaban J connectivity index is 2.12. The molecule has 1 amide bonds. The van der Waals surface area contributed by atoms with E-state index in [4.69, 9.17) is 4.74 Å². The first kappa shape index (κ1) is 14.8. The van der Waals surface area contributed by atoms with Crippen LogP contribution in [-0.2, 0) is 0 Å². The second-order valence-electron chi connectivity index (χ2n) is 4.68. The van der Waals surface area contributed by atoms with Crippen LogP contribution in [0, 0.1) is 16.0 Å². The molecule has 1 fully saturated rings. The fourth-order valence-corrected chi connectivity index (χ4v) is 2.66. The van der Waals surface area contributed by atoms with Crippen molar-refractivity contribution >= 4 is 27.5 Å². The van der Waals surface area contributed by atoms with Gasteiger partial charge in [-0.25, -0.2) is 0 Å². The van der Waals surface area contributed by atoms with Crippen LogP contribution < -0.4 is 10.1 Å². The Hall–Kier alpha value is -1.63.